The van der Waals surface area contributed by atoms with Crippen molar-refractivity contribution in [2.24, 2.45) is 7.05 Å². The summed E-state index contributed by atoms with van der Waals surface area (Å²) in [6.07, 6.45) is 2.56. The van der Waals surface area contributed by atoms with Gasteiger partial charge in [-0.05, 0) is 31.0 Å². The van der Waals surface area contributed by atoms with Crippen molar-refractivity contribution in [2.45, 2.75) is 26.8 Å². The van der Waals surface area contributed by atoms with Gasteiger partial charge in [0.05, 0.1) is 5.69 Å². The van der Waals surface area contributed by atoms with E-state index >= 15 is 0 Å². The maximum Gasteiger partial charge on any atom is 0.320 e. The number of nitrogens with one attached hydrogen (secondary N) is 3. The van der Waals surface area contributed by atoms with Crippen molar-refractivity contribution >= 4 is 17.7 Å². The SMILES string of the molecule is CCNc1cc(CNC(=O)Nc2cc(CC)nn2C)ccn1. The zero-order chi connectivity index (χ0) is 15.9. The van der Waals surface area contributed by atoms with Crippen molar-refractivity contribution in [3.05, 3.63) is 35.7 Å². The molecule has 22 heavy (non-hydrogen) atoms. The first-order valence-corrected chi connectivity index (χ1v) is 7.39. The molecule has 3 N–H and O–H groups in total. The van der Waals surface area contributed by atoms with Crippen molar-refractivity contribution in [3.8, 4) is 0 Å². The van der Waals surface area contributed by atoms with Crippen molar-refractivity contribution in [3.63, 3.8) is 0 Å². The maximum atomic E-state index is 12.0. The first kappa shape index (κ1) is 15.8. The summed E-state index contributed by atoms with van der Waals surface area (Å²) >= 11 is 0. The van der Waals surface area contributed by atoms with Crippen LogP contribution in [-0.2, 0) is 20.0 Å². The molecule has 0 saturated heterocycles. The second-order valence-electron chi connectivity index (χ2n) is 4.89. The summed E-state index contributed by atoms with van der Waals surface area (Å²) in [5.74, 6) is 1.49. The fourth-order valence-corrected chi connectivity index (χ4v) is 2.02. The van der Waals surface area contributed by atoms with Crippen molar-refractivity contribution in [2.75, 3.05) is 17.2 Å². The summed E-state index contributed by atoms with van der Waals surface area (Å²) in [5, 5.41) is 13.0. The monoisotopic (exact) mass is 302 g/mol. The Balaban J connectivity index is 1.89. The smallest absolute Gasteiger partial charge is 0.320 e. The lowest BCUT2D eigenvalue weighted by atomic mass is 10.2. The summed E-state index contributed by atoms with van der Waals surface area (Å²) < 4.78 is 1.66. The molecule has 7 heteroatoms. The average Bonchev–Trinajstić information content (AvgIpc) is 2.86. The fourth-order valence-electron chi connectivity index (χ4n) is 2.02. The summed E-state index contributed by atoms with van der Waals surface area (Å²) in [4.78, 5) is 16.1. The topological polar surface area (TPSA) is 83.9 Å². The number of anilines is 2. The quantitative estimate of drug-likeness (QED) is 0.763. The maximum absolute atomic E-state index is 12.0. The second kappa shape index (κ2) is 7.44. The third-order valence-corrected chi connectivity index (χ3v) is 3.17. The van der Waals surface area contributed by atoms with Crippen LogP contribution < -0.4 is 16.0 Å². The minimum atomic E-state index is -0.257. The van der Waals surface area contributed by atoms with Gasteiger partial charge in [0, 0.05) is 32.4 Å². The predicted molar refractivity (Wildman–Crippen MR) is 86.8 cm³/mol. The Morgan fingerprint density at radius 1 is 1.32 bits per heavy atom. The van der Waals surface area contributed by atoms with Gasteiger partial charge in [0.25, 0.3) is 0 Å². The van der Waals surface area contributed by atoms with Crippen LogP contribution in [0, 0.1) is 0 Å². The highest BCUT2D eigenvalue weighted by Gasteiger charge is 2.07. The van der Waals surface area contributed by atoms with Crippen LogP contribution in [0.1, 0.15) is 25.1 Å². The Labute approximate surface area is 130 Å². The van der Waals surface area contributed by atoms with Crippen molar-refractivity contribution in [1.82, 2.24) is 20.1 Å². The molecule has 0 unspecified atom stereocenters. The van der Waals surface area contributed by atoms with Crippen LogP contribution in [0.25, 0.3) is 0 Å². The van der Waals surface area contributed by atoms with E-state index in [0.29, 0.717) is 12.4 Å². The second-order valence-corrected chi connectivity index (χ2v) is 4.89. The molecule has 2 aromatic rings. The third kappa shape index (κ3) is 4.21. The van der Waals surface area contributed by atoms with Gasteiger partial charge in [0.1, 0.15) is 11.6 Å². The van der Waals surface area contributed by atoms with Gasteiger partial charge in [-0.15, -0.1) is 0 Å². The van der Waals surface area contributed by atoms with Gasteiger partial charge in [-0.2, -0.15) is 5.10 Å². The highest BCUT2D eigenvalue weighted by atomic mass is 16.2. The molecule has 0 saturated carbocycles. The zero-order valence-corrected chi connectivity index (χ0v) is 13.2. The van der Waals surface area contributed by atoms with Crippen LogP contribution >= 0.6 is 0 Å². The largest absolute Gasteiger partial charge is 0.370 e. The van der Waals surface area contributed by atoms with Crippen molar-refractivity contribution < 1.29 is 4.79 Å². The van der Waals surface area contributed by atoms with Gasteiger partial charge < -0.3 is 10.6 Å². The molecular weight excluding hydrogens is 280 g/mol. The predicted octanol–water partition coefficient (Wildman–Crippen LogP) is 2.13. The molecule has 2 heterocycles. The van der Waals surface area contributed by atoms with E-state index in [9.17, 15) is 4.79 Å². The Morgan fingerprint density at radius 3 is 2.82 bits per heavy atom. The molecule has 0 fully saturated rings. The van der Waals surface area contributed by atoms with E-state index in [2.05, 4.69) is 26.0 Å². The molecule has 2 aromatic heterocycles. The van der Waals surface area contributed by atoms with E-state index in [1.54, 1.807) is 17.9 Å². The van der Waals surface area contributed by atoms with Crippen LogP contribution in [0.3, 0.4) is 0 Å². The van der Waals surface area contributed by atoms with Crippen LogP contribution in [0.15, 0.2) is 24.4 Å². The van der Waals surface area contributed by atoms with Gasteiger partial charge in [0.15, 0.2) is 0 Å². The molecule has 0 atom stereocenters. The zero-order valence-electron chi connectivity index (χ0n) is 13.2. The van der Waals surface area contributed by atoms with Gasteiger partial charge in [-0.1, -0.05) is 6.92 Å². The molecule has 0 aromatic carbocycles. The number of aromatic nitrogens is 3. The van der Waals surface area contributed by atoms with Crippen LogP contribution in [0.4, 0.5) is 16.4 Å². The first-order chi connectivity index (χ1) is 10.6. The molecule has 0 spiro atoms. The molecule has 118 valence electrons. The Morgan fingerprint density at radius 2 is 2.14 bits per heavy atom. The number of rotatable bonds is 6. The molecule has 2 amide bonds. The molecule has 0 radical (unpaired) electrons. The number of pyridine rings is 1. The van der Waals surface area contributed by atoms with E-state index < -0.39 is 0 Å². The van der Waals surface area contributed by atoms with E-state index in [-0.39, 0.29) is 6.03 Å². The van der Waals surface area contributed by atoms with E-state index in [4.69, 9.17) is 0 Å². The summed E-state index contributed by atoms with van der Waals surface area (Å²) in [5.41, 5.74) is 1.93. The Bertz CT molecular complexity index is 637. The molecule has 7 nitrogen and oxygen atoms in total. The highest BCUT2D eigenvalue weighted by molar-refractivity contribution is 5.88. The minimum absolute atomic E-state index is 0.257. The summed E-state index contributed by atoms with van der Waals surface area (Å²) in [6.45, 7) is 5.28. The van der Waals surface area contributed by atoms with E-state index in [1.165, 1.54) is 0 Å². The number of hydrogen-bond donors (Lipinski definition) is 3. The van der Waals surface area contributed by atoms with E-state index in [0.717, 1.165) is 30.0 Å². The van der Waals surface area contributed by atoms with Gasteiger partial charge in [-0.25, -0.2) is 9.78 Å². The van der Waals surface area contributed by atoms with E-state index in [1.807, 2.05) is 32.0 Å². The summed E-state index contributed by atoms with van der Waals surface area (Å²) in [7, 11) is 1.81. The fraction of sp³-hybridized carbons (Fsp3) is 0.400. The molecule has 0 aliphatic carbocycles. The molecule has 0 aliphatic heterocycles. The van der Waals surface area contributed by atoms with Crippen LogP contribution in [0.2, 0.25) is 0 Å². The lowest BCUT2D eigenvalue weighted by molar-refractivity contribution is 0.251. The average molecular weight is 302 g/mol. The van der Waals surface area contributed by atoms with Crippen LogP contribution in [0.5, 0.6) is 0 Å². The number of aryl methyl sites for hydroxylation is 2. The normalized spacial score (nSPS) is 10.3. The van der Waals surface area contributed by atoms with Gasteiger partial charge >= 0.3 is 6.03 Å². The Hall–Kier alpha value is -2.57. The number of urea groups is 1. The molecular formula is C15H22N6O. The standard InChI is InChI=1S/C15H22N6O/c1-4-12-9-14(21(3)20-12)19-15(22)18-10-11-6-7-17-13(8-11)16-5-2/h6-9H,4-5,10H2,1-3H3,(H,16,17)(H2,18,19,22). The number of amides is 2. The lowest BCUT2D eigenvalue weighted by Crippen LogP contribution is -2.29. The highest BCUT2D eigenvalue weighted by Crippen LogP contribution is 2.10. The molecule has 0 aliphatic rings. The third-order valence-electron chi connectivity index (χ3n) is 3.17. The van der Waals surface area contributed by atoms with Crippen LogP contribution in [-0.4, -0.2) is 27.3 Å². The summed E-state index contributed by atoms with van der Waals surface area (Å²) in [6, 6.07) is 5.41. The Kier molecular flexibility index (Phi) is 5.35. The van der Waals surface area contributed by atoms with Gasteiger partial charge in [-0.3, -0.25) is 10.00 Å². The van der Waals surface area contributed by atoms with Crippen molar-refractivity contribution in [1.29, 1.82) is 0 Å². The number of carbonyl (C=O) groups is 1. The number of carbonyl (C=O) groups excluding carboxylic acids is 1. The lowest BCUT2D eigenvalue weighted by Gasteiger charge is -2.09. The molecule has 0 bridgehead atoms. The van der Waals surface area contributed by atoms with Gasteiger partial charge in [0.2, 0.25) is 0 Å². The molecule has 2 rings (SSSR count). The number of nitrogens with zero attached hydrogens (tertiary/aromatic N) is 3. The first-order valence-electron chi connectivity index (χ1n) is 7.39. The minimum Gasteiger partial charge on any atom is -0.370 e. The number of hydrogen-bond acceptors (Lipinski definition) is 4.